The largest absolute Gasteiger partial charge is 0.378 e. The van der Waals surface area contributed by atoms with Crippen molar-refractivity contribution < 1.29 is 9.47 Å². The highest BCUT2D eigenvalue weighted by molar-refractivity contribution is 4.67. The van der Waals surface area contributed by atoms with E-state index < -0.39 is 0 Å². The second-order valence-electron chi connectivity index (χ2n) is 7.32. The maximum atomic E-state index is 5.74. The van der Waals surface area contributed by atoms with Crippen molar-refractivity contribution in [3.8, 4) is 0 Å². The molecule has 1 heterocycles. The Kier molecular flexibility index (Phi) is 15.3. The molecule has 0 N–H and O–H groups in total. The van der Waals surface area contributed by atoms with E-state index in [1.54, 1.807) is 0 Å². The molecule has 1 saturated heterocycles. The molecule has 0 spiro atoms. The minimum Gasteiger partial charge on any atom is -0.378 e. The van der Waals surface area contributed by atoms with Crippen molar-refractivity contribution in [1.29, 1.82) is 0 Å². The highest BCUT2D eigenvalue weighted by atomic mass is 16.5. The lowest BCUT2D eigenvalue weighted by atomic mass is 10.3. The highest BCUT2D eigenvalue weighted by Crippen LogP contribution is 2.00. The summed E-state index contributed by atoms with van der Waals surface area (Å²) in [6.45, 7) is 25.6. The average Bonchev–Trinajstić information content (AvgIpc) is 2.70. The number of hydrogen-bond donors (Lipinski definition) is 0. The molecule has 0 amide bonds. The average molecular weight is 387 g/mol. The minimum absolute atomic E-state index is 0.709. The van der Waals surface area contributed by atoms with E-state index in [9.17, 15) is 0 Å². The Morgan fingerprint density at radius 1 is 0.630 bits per heavy atom. The van der Waals surface area contributed by atoms with E-state index in [-0.39, 0.29) is 0 Å². The first-order chi connectivity index (χ1) is 13.2. The van der Waals surface area contributed by atoms with Crippen LogP contribution in [0.15, 0.2) is 0 Å². The Balaban J connectivity index is 2.55. The fraction of sp³-hybridized carbons (Fsp3) is 1.00. The van der Waals surface area contributed by atoms with Crippen LogP contribution in [0.2, 0.25) is 0 Å². The molecule has 0 bridgehead atoms. The summed E-state index contributed by atoms with van der Waals surface area (Å²) in [7, 11) is 0. The molecule has 0 atom stereocenters. The second-order valence-corrected chi connectivity index (χ2v) is 7.32. The van der Waals surface area contributed by atoms with Gasteiger partial charge in [0.25, 0.3) is 0 Å². The van der Waals surface area contributed by atoms with Gasteiger partial charge in [0.1, 0.15) is 0 Å². The SMILES string of the molecule is CCN(CC)CCCN1CCN(CC)CCOCCOCCN(CC)CC1. The van der Waals surface area contributed by atoms with Crippen molar-refractivity contribution in [2.45, 2.75) is 34.1 Å². The van der Waals surface area contributed by atoms with Crippen LogP contribution in [0.25, 0.3) is 0 Å². The van der Waals surface area contributed by atoms with Crippen molar-refractivity contribution in [2.24, 2.45) is 0 Å². The molecular weight excluding hydrogens is 340 g/mol. The first-order valence-corrected chi connectivity index (χ1v) is 11.3. The first-order valence-electron chi connectivity index (χ1n) is 11.3. The monoisotopic (exact) mass is 386 g/mol. The summed E-state index contributed by atoms with van der Waals surface area (Å²) in [6, 6.07) is 0. The molecule has 0 aromatic heterocycles. The van der Waals surface area contributed by atoms with E-state index in [2.05, 4.69) is 47.3 Å². The van der Waals surface area contributed by atoms with Crippen LogP contribution in [-0.4, -0.2) is 125 Å². The Morgan fingerprint density at radius 2 is 1.11 bits per heavy atom. The summed E-state index contributed by atoms with van der Waals surface area (Å²) < 4.78 is 11.5. The molecule has 1 aliphatic heterocycles. The topological polar surface area (TPSA) is 31.4 Å². The molecule has 1 fully saturated rings. The Morgan fingerprint density at radius 3 is 1.56 bits per heavy atom. The summed E-state index contributed by atoms with van der Waals surface area (Å²) in [4.78, 5) is 10.2. The van der Waals surface area contributed by atoms with Gasteiger partial charge in [-0.3, -0.25) is 0 Å². The fourth-order valence-electron chi connectivity index (χ4n) is 3.52. The van der Waals surface area contributed by atoms with Crippen LogP contribution in [-0.2, 0) is 9.47 Å². The van der Waals surface area contributed by atoms with Crippen LogP contribution in [0.1, 0.15) is 34.1 Å². The lowest BCUT2D eigenvalue weighted by molar-refractivity contribution is 0.0331. The molecule has 0 aromatic carbocycles. The van der Waals surface area contributed by atoms with E-state index in [1.165, 1.54) is 19.5 Å². The first kappa shape index (κ1) is 24.8. The molecule has 0 unspecified atom stereocenters. The smallest absolute Gasteiger partial charge is 0.0701 e. The predicted octanol–water partition coefficient (Wildman–Crippen LogP) is 1.71. The van der Waals surface area contributed by atoms with Gasteiger partial charge in [-0.25, -0.2) is 0 Å². The number of ether oxygens (including phenoxy) is 2. The molecule has 1 aliphatic rings. The van der Waals surface area contributed by atoms with Gasteiger partial charge < -0.3 is 29.1 Å². The lowest BCUT2D eigenvalue weighted by Crippen LogP contribution is -2.42. The van der Waals surface area contributed by atoms with Crippen LogP contribution < -0.4 is 0 Å². The third kappa shape index (κ3) is 12.0. The van der Waals surface area contributed by atoms with Gasteiger partial charge in [-0.15, -0.1) is 0 Å². The van der Waals surface area contributed by atoms with Crippen LogP contribution in [0, 0.1) is 0 Å². The van der Waals surface area contributed by atoms with Gasteiger partial charge >= 0.3 is 0 Å². The Bertz CT molecular complexity index is 307. The van der Waals surface area contributed by atoms with E-state index in [1.807, 2.05) is 0 Å². The fourth-order valence-corrected chi connectivity index (χ4v) is 3.52. The normalized spacial score (nSPS) is 21.2. The van der Waals surface area contributed by atoms with Crippen molar-refractivity contribution in [1.82, 2.24) is 19.6 Å². The quantitative estimate of drug-likeness (QED) is 0.631. The van der Waals surface area contributed by atoms with Gasteiger partial charge in [0.2, 0.25) is 0 Å². The molecule has 0 aromatic rings. The van der Waals surface area contributed by atoms with E-state index in [4.69, 9.17) is 9.47 Å². The van der Waals surface area contributed by atoms with Crippen LogP contribution in [0.3, 0.4) is 0 Å². The minimum atomic E-state index is 0.709. The zero-order valence-corrected chi connectivity index (χ0v) is 18.6. The van der Waals surface area contributed by atoms with Gasteiger partial charge in [-0.1, -0.05) is 27.7 Å². The van der Waals surface area contributed by atoms with Crippen LogP contribution >= 0.6 is 0 Å². The molecule has 1 rings (SSSR count). The number of rotatable bonds is 8. The summed E-state index contributed by atoms with van der Waals surface area (Å²) in [5.41, 5.74) is 0. The van der Waals surface area contributed by atoms with E-state index in [0.717, 1.165) is 78.7 Å². The summed E-state index contributed by atoms with van der Waals surface area (Å²) >= 11 is 0. The summed E-state index contributed by atoms with van der Waals surface area (Å²) in [6.07, 6.45) is 1.26. The second kappa shape index (κ2) is 16.7. The number of hydrogen-bond acceptors (Lipinski definition) is 6. The Hall–Kier alpha value is -0.240. The standard InChI is InChI=1S/C21H46N4O2/c1-5-22(6-2)10-9-11-25-14-12-23(7-3)16-18-26-20-21-27-19-17-24(8-4)13-15-25/h5-21H2,1-4H3. The Labute approximate surface area is 168 Å². The molecule has 162 valence electrons. The van der Waals surface area contributed by atoms with Crippen LogP contribution in [0.4, 0.5) is 0 Å². The van der Waals surface area contributed by atoms with Gasteiger partial charge in [-0.05, 0) is 45.7 Å². The third-order valence-corrected chi connectivity index (χ3v) is 5.68. The molecule has 27 heavy (non-hydrogen) atoms. The van der Waals surface area contributed by atoms with Crippen LogP contribution in [0.5, 0.6) is 0 Å². The third-order valence-electron chi connectivity index (χ3n) is 5.68. The van der Waals surface area contributed by atoms with Crippen molar-refractivity contribution in [2.75, 3.05) is 105 Å². The summed E-state index contributed by atoms with van der Waals surface area (Å²) in [5, 5.41) is 0. The van der Waals surface area contributed by atoms with Gasteiger partial charge in [0.05, 0.1) is 26.4 Å². The molecule has 6 nitrogen and oxygen atoms in total. The molecule has 0 aliphatic carbocycles. The highest BCUT2D eigenvalue weighted by Gasteiger charge is 2.12. The molecular formula is C21H46N4O2. The van der Waals surface area contributed by atoms with Crippen molar-refractivity contribution >= 4 is 0 Å². The van der Waals surface area contributed by atoms with E-state index >= 15 is 0 Å². The summed E-state index contributed by atoms with van der Waals surface area (Å²) in [5.74, 6) is 0. The maximum absolute atomic E-state index is 5.74. The maximum Gasteiger partial charge on any atom is 0.0701 e. The zero-order valence-electron chi connectivity index (χ0n) is 18.6. The van der Waals surface area contributed by atoms with Gasteiger partial charge in [0, 0.05) is 39.3 Å². The zero-order chi connectivity index (χ0) is 19.7. The molecule has 0 saturated carbocycles. The van der Waals surface area contributed by atoms with Crippen molar-refractivity contribution in [3.63, 3.8) is 0 Å². The molecule has 6 heteroatoms. The van der Waals surface area contributed by atoms with Crippen molar-refractivity contribution in [3.05, 3.63) is 0 Å². The molecule has 0 radical (unpaired) electrons. The van der Waals surface area contributed by atoms with Gasteiger partial charge in [-0.2, -0.15) is 0 Å². The van der Waals surface area contributed by atoms with E-state index in [0.29, 0.717) is 13.2 Å². The van der Waals surface area contributed by atoms with Gasteiger partial charge in [0.15, 0.2) is 0 Å². The number of likely N-dealkylation sites (N-methyl/N-ethyl adjacent to an activating group) is 2. The number of nitrogens with zero attached hydrogens (tertiary/aromatic N) is 4. The lowest BCUT2D eigenvalue weighted by Gasteiger charge is -2.30. The predicted molar refractivity (Wildman–Crippen MR) is 115 cm³/mol.